The van der Waals surface area contributed by atoms with Gasteiger partial charge < -0.3 is 10.2 Å². The fraction of sp³-hybridized carbons (Fsp3) is 0.257. The van der Waals surface area contributed by atoms with Gasteiger partial charge >= 0.3 is 0 Å². The Morgan fingerprint density at radius 3 is 2.20 bits per heavy atom. The van der Waals surface area contributed by atoms with Gasteiger partial charge in [0, 0.05) is 19.5 Å². The zero-order chi connectivity index (χ0) is 33.3. The molecule has 0 bridgehead atoms. The Bertz CT molecular complexity index is 1760. The molecule has 1 atom stereocenters. The number of unbranched alkanes of at least 4 members (excludes halogenated alkanes) is 1. The molecule has 0 saturated heterocycles. The summed E-state index contributed by atoms with van der Waals surface area (Å²) in [5.41, 5.74) is 1.90. The summed E-state index contributed by atoms with van der Waals surface area (Å²) in [6, 6.07) is 24.5. The number of carbonyl (C=O) groups excluding carboxylic acids is 2. The monoisotopic (exact) mass is 683 g/mol. The Morgan fingerprint density at radius 2 is 1.54 bits per heavy atom. The first-order valence-electron chi connectivity index (χ1n) is 14.9. The van der Waals surface area contributed by atoms with Gasteiger partial charge in [0.15, 0.2) is 0 Å². The lowest BCUT2D eigenvalue weighted by Gasteiger charge is -2.34. The van der Waals surface area contributed by atoms with Crippen LogP contribution in [0.2, 0.25) is 10.0 Å². The average molecular weight is 685 g/mol. The maximum Gasteiger partial charge on any atom is 0.264 e. The summed E-state index contributed by atoms with van der Waals surface area (Å²) in [5, 5.41) is 3.50. The summed E-state index contributed by atoms with van der Waals surface area (Å²) in [4.78, 5) is 29.5. The molecule has 2 amide bonds. The van der Waals surface area contributed by atoms with Gasteiger partial charge in [-0.25, -0.2) is 12.8 Å². The molecular formula is C35H36Cl2FN3O4S. The lowest BCUT2D eigenvalue weighted by Crippen LogP contribution is -2.53. The Hall–Kier alpha value is -3.92. The zero-order valence-corrected chi connectivity index (χ0v) is 28.0. The Kier molecular flexibility index (Phi) is 12.2. The number of benzene rings is 4. The number of aryl methyl sites for hydroxylation is 1. The predicted octanol–water partition coefficient (Wildman–Crippen LogP) is 7.19. The van der Waals surface area contributed by atoms with Crippen molar-refractivity contribution in [2.45, 2.75) is 50.6 Å². The minimum Gasteiger partial charge on any atom is -0.354 e. The largest absolute Gasteiger partial charge is 0.354 e. The molecule has 0 radical (unpaired) electrons. The smallest absolute Gasteiger partial charge is 0.264 e. The van der Waals surface area contributed by atoms with Crippen molar-refractivity contribution in [1.82, 2.24) is 10.2 Å². The molecule has 4 aromatic carbocycles. The van der Waals surface area contributed by atoms with Gasteiger partial charge in [-0.3, -0.25) is 13.9 Å². The Labute approximate surface area is 280 Å². The van der Waals surface area contributed by atoms with E-state index in [1.54, 1.807) is 30.3 Å². The highest BCUT2D eigenvalue weighted by atomic mass is 35.5. The average Bonchev–Trinajstić information content (AvgIpc) is 3.04. The van der Waals surface area contributed by atoms with Crippen molar-refractivity contribution < 1.29 is 22.4 Å². The number of sulfonamides is 1. The van der Waals surface area contributed by atoms with Crippen LogP contribution in [0.5, 0.6) is 0 Å². The van der Waals surface area contributed by atoms with Gasteiger partial charge in [0.05, 0.1) is 20.6 Å². The predicted molar refractivity (Wildman–Crippen MR) is 181 cm³/mol. The number of anilines is 1. The first kappa shape index (κ1) is 34.9. The van der Waals surface area contributed by atoms with Crippen molar-refractivity contribution in [1.29, 1.82) is 0 Å². The van der Waals surface area contributed by atoms with E-state index in [-0.39, 0.29) is 28.6 Å². The maximum atomic E-state index is 15.3. The zero-order valence-electron chi connectivity index (χ0n) is 25.6. The van der Waals surface area contributed by atoms with E-state index in [1.165, 1.54) is 35.2 Å². The van der Waals surface area contributed by atoms with E-state index in [2.05, 4.69) is 5.32 Å². The lowest BCUT2D eigenvalue weighted by atomic mass is 10.0. The van der Waals surface area contributed by atoms with E-state index in [4.69, 9.17) is 23.2 Å². The molecule has 0 aliphatic carbocycles. The molecule has 4 aromatic rings. The van der Waals surface area contributed by atoms with E-state index in [0.717, 1.165) is 34.3 Å². The molecular weight excluding hydrogens is 648 g/mol. The van der Waals surface area contributed by atoms with Crippen LogP contribution in [-0.2, 0) is 32.6 Å². The van der Waals surface area contributed by atoms with Crippen molar-refractivity contribution in [3.05, 3.63) is 130 Å². The summed E-state index contributed by atoms with van der Waals surface area (Å²) in [7, 11) is -4.42. The summed E-state index contributed by atoms with van der Waals surface area (Å²) < 4.78 is 44.1. The standard InChI is InChI=1S/C35H36Cl2FN3O4S/c1-3-4-20-39-35(43)33(22-26-10-6-5-7-11-26)40(23-27-16-19-29(36)30(37)21-27)34(42)24-41(32-13-9-8-12-31(32)38)46(44,45)28-17-14-25(2)15-18-28/h5-19,21,33H,3-4,20,22-24H2,1-2H3,(H,39,43)/t33-/m1/s1. The number of nitrogens with zero attached hydrogens (tertiary/aromatic N) is 2. The molecule has 0 aliphatic heterocycles. The van der Waals surface area contributed by atoms with E-state index >= 15 is 4.39 Å². The van der Waals surface area contributed by atoms with Crippen molar-refractivity contribution in [2.75, 3.05) is 17.4 Å². The van der Waals surface area contributed by atoms with Crippen LogP contribution in [0.15, 0.2) is 102 Å². The van der Waals surface area contributed by atoms with Crippen LogP contribution < -0.4 is 9.62 Å². The quantitative estimate of drug-likeness (QED) is 0.143. The second-order valence-corrected chi connectivity index (χ2v) is 13.6. The highest BCUT2D eigenvalue weighted by Gasteiger charge is 2.35. The van der Waals surface area contributed by atoms with Gasteiger partial charge in [0.25, 0.3) is 10.0 Å². The number of nitrogens with one attached hydrogen (secondary N) is 1. The molecule has 242 valence electrons. The maximum absolute atomic E-state index is 15.3. The van der Waals surface area contributed by atoms with E-state index in [1.807, 2.05) is 44.2 Å². The van der Waals surface area contributed by atoms with Crippen LogP contribution >= 0.6 is 23.2 Å². The van der Waals surface area contributed by atoms with Gasteiger partial charge in [-0.2, -0.15) is 0 Å². The highest BCUT2D eigenvalue weighted by molar-refractivity contribution is 7.92. The van der Waals surface area contributed by atoms with Crippen molar-refractivity contribution >= 4 is 50.7 Å². The minimum absolute atomic E-state index is 0.0931. The fourth-order valence-corrected chi connectivity index (χ4v) is 6.64. The minimum atomic E-state index is -4.42. The molecule has 11 heteroatoms. The van der Waals surface area contributed by atoms with Crippen LogP contribution in [-0.4, -0.2) is 44.3 Å². The van der Waals surface area contributed by atoms with Gasteiger partial charge in [-0.05, 0) is 60.9 Å². The molecule has 0 spiro atoms. The third-order valence-electron chi connectivity index (χ3n) is 7.45. The van der Waals surface area contributed by atoms with E-state index in [9.17, 15) is 18.0 Å². The molecule has 4 rings (SSSR count). The fourth-order valence-electron chi connectivity index (χ4n) is 4.90. The topological polar surface area (TPSA) is 86.8 Å². The van der Waals surface area contributed by atoms with E-state index < -0.39 is 40.2 Å². The first-order valence-corrected chi connectivity index (χ1v) is 17.1. The summed E-state index contributed by atoms with van der Waals surface area (Å²) in [6.07, 6.45) is 1.74. The second kappa shape index (κ2) is 16.1. The Balaban J connectivity index is 1.81. The van der Waals surface area contributed by atoms with Crippen LogP contribution in [0.3, 0.4) is 0 Å². The number of hydrogen-bond acceptors (Lipinski definition) is 4. The molecule has 0 saturated carbocycles. The Morgan fingerprint density at radius 1 is 0.870 bits per heavy atom. The van der Waals surface area contributed by atoms with Crippen molar-refractivity contribution in [3.63, 3.8) is 0 Å². The number of amides is 2. The third kappa shape index (κ3) is 8.87. The van der Waals surface area contributed by atoms with Crippen molar-refractivity contribution in [3.8, 4) is 0 Å². The SMILES string of the molecule is CCCCNC(=O)[C@@H](Cc1ccccc1)N(Cc1ccc(Cl)c(Cl)c1)C(=O)CN(c1ccccc1F)S(=O)(=O)c1ccc(C)cc1. The molecule has 0 heterocycles. The molecule has 0 fully saturated rings. The van der Waals surface area contributed by atoms with Crippen molar-refractivity contribution in [2.24, 2.45) is 0 Å². The van der Waals surface area contributed by atoms with Crippen LogP contribution in [0.4, 0.5) is 10.1 Å². The number of carbonyl (C=O) groups is 2. The van der Waals surface area contributed by atoms with Gasteiger partial charge in [0.1, 0.15) is 18.4 Å². The number of hydrogen-bond donors (Lipinski definition) is 1. The second-order valence-electron chi connectivity index (χ2n) is 10.9. The van der Waals surface area contributed by atoms with Crippen LogP contribution in [0, 0.1) is 12.7 Å². The van der Waals surface area contributed by atoms with Gasteiger partial charge in [-0.15, -0.1) is 0 Å². The summed E-state index contributed by atoms with van der Waals surface area (Å²) >= 11 is 12.5. The molecule has 0 aliphatic rings. The number of rotatable bonds is 14. The lowest BCUT2D eigenvalue weighted by molar-refractivity contribution is -0.140. The van der Waals surface area contributed by atoms with Gasteiger partial charge in [-0.1, -0.05) is 103 Å². The molecule has 0 aromatic heterocycles. The van der Waals surface area contributed by atoms with E-state index in [0.29, 0.717) is 17.1 Å². The van der Waals surface area contributed by atoms with Gasteiger partial charge in [0.2, 0.25) is 11.8 Å². The molecule has 7 nitrogen and oxygen atoms in total. The summed E-state index contributed by atoms with van der Waals surface area (Å²) in [5.74, 6) is -1.93. The molecule has 0 unspecified atom stereocenters. The summed E-state index contributed by atoms with van der Waals surface area (Å²) in [6.45, 7) is 3.35. The first-order chi connectivity index (χ1) is 22.0. The third-order valence-corrected chi connectivity index (χ3v) is 9.96. The van der Waals surface area contributed by atoms with Crippen LogP contribution in [0.1, 0.15) is 36.5 Å². The molecule has 46 heavy (non-hydrogen) atoms. The number of halogens is 3. The van der Waals surface area contributed by atoms with Crippen LogP contribution in [0.25, 0.3) is 0 Å². The molecule has 1 N–H and O–H groups in total. The highest BCUT2D eigenvalue weighted by Crippen LogP contribution is 2.28. The normalized spacial score (nSPS) is 11.9. The number of para-hydroxylation sites is 1.